The van der Waals surface area contributed by atoms with Crippen LogP contribution in [0, 0.1) is 13.8 Å². The number of benzene rings is 3. The third kappa shape index (κ3) is 6.60. The van der Waals surface area contributed by atoms with Crippen LogP contribution < -0.4 is 9.55 Å². The van der Waals surface area contributed by atoms with Crippen LogP contribution in [-0.2, 0) is 22.7 Å². The lowest BCUT2D eigenvalue weighted by Gasteiger charge is -2.19. The number of hydrogen-bond donors (Lipinski definition) is 0. The van der Waals surface area contributed by atoms with Gasteiger partial charge in [-0.15, -0.1) is 68.0 Å². The van der Waals surface area contributed by atoms with E-state index in [2.05, 4.69) is 152 Å². The lowest BCUT2D eigenvalue weighted by molar-refractivity contribution is 0.663. The Hall–Kier alpha value is -4.92. The SMILES string of the molecule is Cc1cc2c(s1)-c1sc(-c3ccc(-c4ccc([B]c5cc6c(s5)-c5sc(-c7ccc(Cc8cc9c(s8)-c8sc(-c%10ccc(C)c%11nsnc%10%11)cc8C9(C)C)c8nsnc78)cc5C6(C)C)s4)c4nsnc34)cc1C2(C)C. The van der Waals surface area contributed by atoms with Crippen molar-refractivity contribution < 1.29 is 0 Å². The largest absolute Gasteiger partial charge is 0.219 e. The normalized spacial score (nSPS) is 15.3. The van der Waals surface area contributed by atoms with E-state index in [0.29, 0.717) is 0 Å². The van der Waals surface area contributed by atoms with Crippen LogP contribution in [0.4, 0.5) is 0 Å². The molecule has 0 spiro atoms. The molecule has 0 saturated heterocycles. The molecular weight excluding hydrogens is 1110 g/mol. The highest BCUT2D eigenvalue weighted by Crippen LogP contribution is 2.60. The molecule has 1 radical (unpaired) electrons. The molecule has 3 aliphatic carbocycles. The molecule has 6 nitrogen and oxygen atoms in total. The summed E-state index contributed by atoms with van der Waals surface area (Å²) in [5, 5.41) is 0. The maximum Gasteiger partial charge on any atom is 0.219 e. The van der Waals surface area contributed by atoms with E-state index in [1.165, 1.54) is 164 Å². The van der Waals surface area contributed by atoms with Crippen LogP contribution in [0.15, 0.2) is 84.9 Å². The molecule has 0 saturated carbocycles. The van der Waals surface area contributed by atoms with Crippen molar-refractivity contribution in [3.8, 4) is 71.0 Å². The molecule has 0 aliphatic heterocycles. The molecule has 10 heterocycles. The van der Waals surface area contributed by atoms with Crippen LogP contribution in [0.1, 0.15) is 95.8 Å². The topological polar surface area (TPSA) is 77.3 Å². The second-order valence-corrected chi connectivity index (χ2v) is 31.0. The summed E-state index contributed by atoms with van der Waals surface area (Å²) in [5.41, 5.74) is 21.5. The summed E-state index contributed by atoms with van der Waals surface area (Å²) in [6.07, 6.45) is 0.829. The van der Waals surface area contributed by atoms with Crippen molar-refractivity contribution in [1.29, 1.82) is 0 Å². The molecule has 0 bridgehead atoms. The summed E-state index contributed by atoms with van der Waals surface area (Å²) in [7, 11) is 2.37. The number of aromatic nitrogens is 6. The van der Waals surface area contributed by atoms with Crippen molar-refractivity contribution in [3.63, 3.8) is 0 Å². The minimum atomic E-state index is -0.114. The Balaban J connectivity index is 0.660. The minimum Gasteiger partial charge on any atom is -0.173 e. The number of nitrogens with zero attached hydrogens (tertiary/aromatic N) is 6. The summed E-state index contributed by atoms with van der Waals surface area (Å²) in [4.78, 5) is 16.2. The second-order valence-electron chi connectivity index (χ2n) is 21.7. The number of thiophene rings is 7. The lowest BCUT2D eigenvalue weighted by Crippen LogP contribution is -2.22. The molecule has 13 aromatic rings. The number of fused-ring (bicyclic) bond motifs is 12. The van der Waals surface area contributed by atoms with Crippen molar-refractivity contribution in [2.75, 3.05) is 0 Å². The molecule has 0 fully saturated rings. The monoisotopic (exact) mass is 1150 g/mol. The Morgan fingerprint density at radius 2 is 0.813 bits per heavy atom. The molecule has 75 heavy (non-hydrogen) atoms. The molecule has 16 rings (SSSR count). The fourth-order valence-electron chi connectivity index (χ4n) is 11.9. The summed E-state index contributed by atoms with van der Waals surface area (Å²) < 4.78 is 31.6. The standard InChI is InChI=1S/C58H40BN6S10/c1-24-9-11-29(46-44(24)60-73-62-46)39-21-35-53(70-39)51-33(57(35,5)6)19-27(67-51)18-26-10-12-30(47-45(26)61-74-63-47)40-22-36-54(71-40)55-37(58(36,7)8)23-43(72-55)59-42-16-15-38(68-42)28-13-14-31(49-48(28)64-75-65-49)41-20-34-52(69-41)50-32(56(34,3)4)17-25(2)66-50/h9-17,19-23H,18H2,1-8H3. The van der Waals surface area contributed by atoms with Crippen LogP contribution in [0.2, 0.25) is 0 Å². The van der Waals surface area contributed by atoms with Gasteiger partial charge < -0.3 is 0 Å². The summed E-state index contributed by atoms with van der Waals surface area (Å²) in [6.45, 7) is 18.6. The van der Waals surface area contributed by atoms with Crippen LogP contribution >= 0.6 is 115 Å². The van der Waals surface area contributed by atoms with E-state index in [1.807, 2.05) is 79.4 Å². The molecule has 365 valence electrons. The number of aryl methyl sites for hydroxylation is 2. The van der Waals surface area contributed by atoms with Gasteiger partial charge in [-0.1, -0.05) is 90.1 Å². The molecule has 0 amide bonds. The third-order valence-electron chi connectivity index (χ3n) is 16.1. The number of rotatable bonds is 8. The Morgan fingerprint density at radius 1 is 0.373 bits per heavy atom. The fraction of sp³-hybridized carbons (Fsp3) is 0.207. The highest BCUT2D eigenvalue weighted by Gasteiger charge is 2.42. The van der Waals surface area contributed by atoms with Crippen molar-refractivity contribution in [1.82, 2.24) is 26.2 Å². The zero-order valence-electron chi connectivity index (χ0n) is 41.6. The summed E-state index contributed by atoms with van der Waals surface area (Å²) >= 11 is 17.3. The van der Waals surface area contributed by atoms with Crippen molar-refractivity contribution in [2.24, 2.45) is 0 Å². The van der Waals surface area contributed by atoms with Crippen LogP contribution in [0.25, 0.3) is 104 Å². The summed E-state index contributed by atoms with van der Waals surface area (Å²) in [5.74, 6) is 0. The van der Waals surface area contributed by atoms with E-state index in [0.717, 1.165) is 45.1 Å². The van der Waals surface area contributed by atoms with Gasteiger partial charge in [-0.05, 0) is 104 Å². The van der Waals surface area contributed by atoms with Crippen molar-refractivity contribution in [3.05, 3.63) is 139 Å². The first-order valence-corrected chi connectivity index (χ1v) is 32.6. The van der Waals surface area contributed by atoms with E-state index in [-0.39, 0.29) is 16.2 Å². The zero-order chi connectivity index (χ0) is 50.6. The smallest absolute Gasteiger partial charge is 0.173 e. The Bertz CT molecular complexity index is 4580. The quantitative estimate of drug-likeness (QED) is 0.141. The Kier molecular flexibility index (Phi) is 9.91. The first-order chi connectivity index (χ1) is 36.2. The van der Waals surface area contributed by atoms with E-state index in [9.17, 15) is 0 Å². The van der Waals surface area contributed by atoms with E-state index < -0.39 is 0 Å². The zero-order valence-corrected chi connectivity index (χ0v) is 49.8. The predicted molar refractivity (Wildman–Crippen MR) is 329 cm³/mol. The molecule has 10 aromatic heterocycles. The van der Waals surface area contributed by atoms with Gasteiger partial charge in [0.15, 0.2) is 0 Å². The fourth-order valence-corrected chi connectivity index (χ4v) is 23.1. The third-order valence-corrected chi connectivity index (χ3v) is 26.0. The van der Waals surface area contributed by atoms with Gasteiger partial charge in [0.05, 0.1) is 35.2 Å². The highest BCUT2D eigenvalue weighted by atomic mass is 32.1. The van der Waals surface area contributed by atoms with Gasteiger partial charge in [0, 0.05) is 103 Å². The molecule has 17 heteroatoms. The summed E-state index contributed by atoms with van der Waals surface area (Å²) in [6, 6.07) is 32.6. The Labute approximate surface area is 474 Å². The average molecular weight is 1150 g/mol. The molecule has 0 unspecified atom stereocenters. The maximum absolute atomic E-state index is 4.97. The first kappa shape index (κ1) is 46.2. The number of hydrogen-bond acceptors (Lipinski definition) is 16. The maximum atomic E-state index is 4.97. The second kappa shape index (κ2) is 16.1. The molecule has 0 N–H and O–H groups in total. The average Bonchev–Trinajstić information content (AvgIpc) is 4.36. The van der Waals surface area contributed by atoms with Gasteiger partial charge in [-0.3, -0.25) is 0 Å². The van der Waals surface area contributed by atoms with Crippen LogP contribution in [0.3, 0.4) is 0 Å². The predicted octanol–water partition coefficient (Wildman–Crippen LogP) is 17.6. The van der Waals surface area contributed by atoms with E-state index in [1.54, 1.807) is 0 Å². The van der Waals surface area contributed by atoms with Gasteiger partial charge in [-0.25, -0.2) is 0 Å². The first-order valence-electron chi connectivity index (χ1n) is 24.7. The molecular formula is C58H40BN6S10. The van der Waals surface area contributed by atoms with E-state index in [4.69, 9.17) is 21.9 Å². The highest BCUT2D eigenvalue weighted by molar-refractivity contribution is 7.33. The molecule has 0 atom stereocenters. The molecule has 3 aromatic carbocycles. The van der Waals surface area contributed by atoms with Gasteiger partial charge in [0.25, 0.3) is 0 Å². The van der Waals surface area contributed by atoms with E-state index >= 15 is 0 Å². The Morgan fingerprint density at radius 3 is 1.43 bits per heavy atom. The van der Waals surface area contributed by atoms with Crippen LogP contribution in [0.5, 0.6) is 0 Å². The molecule has 3 aliphatic rings. The van der Waals surface area contributed by atoms with Crippen molar-refractivity contribution >= 4 is 164 Å². The van der Waals surface area contributed by atoms with Gasteiger partial charge in [0.2, 0.25) is 7.28 Å². The van der Waals surface area contributed by atoms with Crippen LogP contribution in [-0.4, -0.2) is 33.5 Å². The van der Waals surface area contributed by atoms with Gasteiger partial charge in [-0.2, -0.15) is 37.6 Å². The lowest BCUT2D eigenvalue weighted by atomic mass is 9.73. The van der Waals surface area contributed by atoms with Crippen molar-refractivity contribution in [2.45, 2.75) is 78.1 Å². The minimum absolute atomic E-state index is 0.00689. The van der Waals surface area contributed by atoms with Gasteiger partial charge >= 0.3 is 0 Å². The van der Waals surface area contributed by atoms with Gasteiger partial charge in [0.1, 0.15) is 33.1 Å².